The first-order chi connectivity index (χ1) is 15.3. The number of nitriles is 1. The zero-order chi connectivity index (χ0) is 22.9. The molecule has 8 heteroatoms. The molecule has 168 valence electrons. The van der Waals surface area contributed by atoms with Gasteiger partial charge in [0.1, 0.15) is 11.7 Å². The molecule has 2 aromatic rings. The Morgan fingerprint density at radius 2 is 1.97 bits per heavy atom. The van der Waals surface area contributed by atoms with E-state index in [-0.39, 0.29) is 37.5 Å². The van der Waals surface area contributed by atoms with Crippen molar-refractivity contribution in [1.82, 2.24) is 14.8 Å². The number of Topliss-reactive ketones (excluding diaryl/α,β-unsaturated/α-hetero) is 1. The number of pyridine rings is 1. The normalized spacial score (nSPS) is 24.0. The molecule has 1 aromatic heterocycles. The number of aromatic nitrogens is 1. The van der Waals surface area contributed by atoms with Gasteiger partial charge in [0.15, 0.2) is 5.78 Å². The van der Waals surface area contributed by atoms with E-state index in [9.17, 15) is 19.2 Å². The van der Waals surface area contributed by atoms with Crippen LogP contribution in [0.4, 0.5) is 10.1 Å². The van der Waals surface area contributed by atoms with Crippen LogP contribution in [0.3, 0.4) is 0 Å². The summed E-state index contributed by atoms with van der Waals surface area (Å²) in [5.74, 6) is -0.514. The van der Waals surface area contributed by atoms with Gasteiger partial charge in [-0.2, -0.15) is 5.26 Å². The highest BCUT2D eigenvalue weighted by molar-refractivity contribution is 6.08. The number of rotatable bonds is 5. The minimum atomic E-state index is -1.57. The smallest absolute Gasteiger partial charge is 0.224 e. The van der Waals surface area contributed by atoms with Crippen LogP contribution < -0.4 is 4.90 Å². The first-order valence-electron chi connectivity index (χ1n) is 11.0. The molecule has 0 radical (unpaired) electrons. The Bertz CT molecular complexity index is 1070. The van der Waals surface area contributed by atoms with E-state index in [0.29, 0.717) is 5.56 Å². The lowest BCUT2D eigenvalue weighted by molar-refractivity contribution is -0.131. The number of carbonyl (C=O) groups is 2. The fourth-order valence-corrected chi connectivity index (χ4v) is 4.56. The van der Waals surface area contributed by atoms with Crippen LogP contribution in [-0.4, -0.2) is 78.0 Å². The second kappa shape index (κ2) is 8.83. The predicted molar refractivity (Wildman–Crippen MR) is 120 cm³/mol. The number of likely N-dealkylation sites (tertiary alicyclic amines) is 1. The van der Waals surface area contributed by atoms with Crippen LogP contribution in [0.5, 0.6) is 0 Å². The third-order valence-corrected chi connectivity index (χ3v) is 6.42. The number of fused-ring (bicyclic) bond motifs is 1. The molecule has 7 nitrogen and oxygen atoms in total. The van der Waals surface area contributed by atoms with Crippen molar-refractivity contribution in [2.24, 2.45) is 0 Å². The van der Waals surface area contributed by atoms with Gasteiger partial charge in [-0.25, -0.2) is 4.39 Å². The highest BCUT2D eigenvalue weighted by atomic mass is 19.1. The van der Waals surface area contributed by atoms with Crippen molar-refractivity contribution in [3.8, 4) is 6.07 Å². The molecule has 32 heavy (non-hydrogen) atoms. The molecule has 1 amide bonds. The van der Waals surface area contributed by atoms with Crippen molar-refractivity contribution >= 4 is 28.3 Å². The molecule has 4 rings (SSSR count). The van der Waals surface area contributed by atoms with E-state index in [4.69, 9.17) is 0 Å². The Morgan fingerprint density at radius 3 is 2.69 bits per heavy atom. The third-order valence-electron chi connectivity index (χ3n) is 6.42. The molecule has 2 fully saturated rings. The monoisotopic (exact) mass is 437 g/mol. The van der Waals surface area contributed by atoms with Crippen LogP contribution in [0.15, 0.2) is 30.5 Å². The average molecular weight is 438 g/mol. The number of carbonyl (C=O) groups excluding carboxylic acids is 2. The van der Waals surface area contributed by atoms with Gasteiger partial charge < -0.3 is 14.7 Å². The number of anilines is 1. The number of alkyl halides is 1. The molecule has 0 aliphatic carbocycles. The molecule has 3 heterocycles. The van der Waals surface area contributed by atoms with Crippen molar-refractivity contribution < 1.29 is 14.0 Å². The highest BCUT2D eigenvalue weighted by Gasteiger charge is 2.43. The summed E-state index contributed by atoms with van der Waals surface area (Å²) in [5.41, 5.74) is 0.755. The molecule has 2 saturated heterocycles. The number of ketones is 1. The van der Waals surface area contributed by atoms with E-state index in [0.717, 1.165) is 42.8 Å². The van der Waals surface area contributed by atoms with Crippen LogP contribution in [0.25, 0.3) is 10.9 Å². The Morgan fingerprint density at radius 1 is 1.22 bits per heavy atom. The number of hydrogen-bond acceptors (Lipinski definition) is 6. The molecule has 0 N–H and O–H groups in total. The maximum absolute atomic E-state index is 14.3. The molecule has 2 atom stereocenters. The number of benzene rings is 1. The van der Waals surface area contributed by atoms with Gasteiger partial charge in [0.25, 0.3) is 0 Å². The van der Waals surface area contributed by atoms with Gasteiger partial charge in [0.2, 0.25) is 5.91 Å². The first-order valence-corrected chi connectivity index (χ1v) is 11.0. The minimum Gasteiger partial charge on any atom is -0.369 e. The Balaban J connectivity index is 1.49. The molecule has 1 unspecified atom stereocenters. The number of nitrogens with zero attached hydrogens (tertiary/aromatic N) is 5. The van der Waals surface area contributed by atoms with Crippen molar-refractivity contribution in [1.29, 1.82) is 5.26 Å². The zero-order valence-corrected chi connectivity index (χ0v) is 18.6. The van der Waals surface area contributed by atoms with Gasteiger partial charge in [-0.05, 0) is 38.2 Å². The van der Waals surface area contributed by atoms with E-state index < -0.39 is 11.7 Å². The van der Waals surface area contributed by atoms with Gasteiger partial charge in [0.05, 0.1) is 18.1 Å². The van der Waals surface area contributed by atoms with Crippen LogP contribution in [0.2, 0.25) is 0 Å². The van der Waals surface area contributed by atoms with Gasteiger partial charge in [-0.3, -0.25) is 14.6 Å². The highest BCUT2D eigenvalue weighted by Crippen LogP contribution is 2.31. The summed E-state index contributed by atoms with van der Waals surface area (Å²) in [6.07, 6.45) is 1.57. The van der Waals surface area contributed by atoms with E-state index in [1.807, 2.05) is 24.3 Å². The van der Waals surface area contributed by atoms with Gasteiger partial charge >= 0.3 is 0 Å². The maximum Gasteiger partial charge on any atom is 0.224 e. The summed E-state index contributed by atoms with van der Waals surface area (Å²) in [6.45, 7) is 5.10. The third kappa shape index (κ3) is 4.58. The van der Waals surface area contributed by atoms with Gasteiger partial charge in [0, 0.05) is 68.3 Å². The molecule has 2 aliphatic heterocycles. The number of likely N-dealkylation sites (N-methyl/N-ethyl adjacent to an activating group) is 1. The Kier molecular flexibility index (Phi) is 6.11. The predicted octanol–water partition coefficient (Wildman–Crippen LogP) is 2.80. The number of piperazine rings is 1. The second-order valence-electron chi connectivity index (χ2n) is 9.06. The van der Waals surface area contributed by atoms with E-state index in [1.165, 1.54) is 11.8 Å². The fourth-order valence-electron chi connectivity index (χ4n) is 4.56. The lowest BCUT2D eigenvalue weighted by Crippen LogP contribution is -2.44. The van der Waals surface area contributed by atoms with Crippen molar-refractivity contribution in [3.05, 3.63) is 36.0 Å². The van der Waals surface area contributed by atoms with Crippen LogP contribution in [-0.2, 0) is 4.79 Å². The number of amides is 1. The first kappa shape index (κ1) is 22.2. The quantitative estimate of drug-likeness (QED) is 0.669. The largest absolute Gasteiger partial charge is 0.369 e. The number of hydrogen-bond donors (Lipinski definition) is 0. The van der Waals surface area contributed by atoms with E-state index in [2.05, 4.69) is 21.8 Å². The molecule has 2 aliphatic rings. The second-order valence-corrected chi connectivity index (χ2v) is 9.06. The number of halogens is 1. The topological polar surface area (TPSA) is 80.5 Å². The fraction of sp³-hybridized carbons (Fsp3) is 0.500. The molecule has 0 saturated carbocycles. The summed E-state index contributed by atoms with van der Waals surface area (Å²) < 4.78 is 14.3. The molecule has 1 aromatic carbocycles. The molecular formula is C24H28FN5O2. The lowest BCUT2D eigenvalue weighted by atomic mass is 10.0. The zero-order valence-electron chi connectivity index (χ0n) is 18.6. The van der Waals surface area contributed by atoms with Gasteiger partial charge in [-0.1, -0.05) is 0 Å². The summed E-state index contributed by atoms with van der Waals surface area (Å²) in [5, 5.41) is 10.0. The van der Waals surface area contributed by atoms with E-state index >= 15 is 0 Å². The Hall–Kier alpha value is -3.05. The maximum atomic E-state index is 14.3. The molecule has 0 bridgehead atoms. The van der Waals surface area contributed by atoms with Gasteiger partial charge in [-0.15, -0.1) is 0 Å². The van der Waals surface area contributed by atoms with Crippen LogP contribution in [0, 0.1) is 11.3 Å². The molecule has 0 spiro atoms. The van der Waals surface area contributed by atoms with Crippen molar-refractivity contribution in [2.45, 2.75) is 37.9 Å². The molecular weight excluding hydrogens is 409 g/mol. The lowest BCUT2D eigenvalue weighted by Gasteiger charge is -2.34. The average Bonchev–Trinajstić information content (AvgIpc) is 3.11. The summed E-state index contributed by atoms with van der Waals surface area (Å²) in [7, 11) is 2.11. The standard InChI is InChI=1S/C24H28FN5O2/c1-24(25)14-18(15-26)30(16-24)23(32)6-5-22(31)19-7-8-27-21-4-3-17(13-20(19)21)29-11-9-28(2)10-12-29/h3-4,7-8,13,18H,5-6,9-12,14,16H2,1-2H3/t18-,24?/m0/s1. The van der Waals surface area contributed by atoms with Crippen molar-refractivity contribution in [3.63, 3.8) is 0 Å². The van der Waals surface area contributed by atoms with Crippen LogP contribution in [0.1, 0.15) is 36.5 Å². The van der Waals surface area contributed by atoms with Crippen LogP contribution >= 0.6 is 0 Å². The SMILES string of the molecule is CN1CCN(c2ccc3nccc(C(=O)CCC(=O)N4CC(C)(F)C[C@H]4C#N)c3c2)CC1. The summed E-state index contributed by atoms with van der Waals surface area (Å²) in [4.78, 5) is 35.9. The minimum absolute atomic E-state index is 0.00719. The Labute approximate surface area is 187 Å². The van der Waals surface area contributed by atoms with Crippen molar-refractivity contribution in [2.75, 3.05) is 44.7 Å². The van der Waals surface area contributed by atoms with E-state index in [1.54, 1.807) is 12.3 Å². The summed E-state index contributed by atoms with van der Waals surface area (Å²) in [6, 6.07) is 8.87. The summed E-state index contributed by atoms with van der Waals surface area (Å²) >= 11 is 0.